The Labute approximate surface area is 194 Å². The van der Waals surface area contributed by atoms with Crippen LogP contribution in [0.2, 0.25) is 5.02 Å². The number of halogens is 2. The molecule has 33 heavy (non-hydrogen) atoms. The predicted octanol–water partition coefficient (Wildman–Crippen LogP) is 4.58. The van der Waals surface area contributed by atoms with Crippen molar-refractivity contribution in [1.29, 1.82) is 0 Å². The number of hydrogen-bond donors (Lipinski definition) is 1. The average Bonchev–Trinajstić information content (AvgIpc) is 3.11. The third kappa shape index (κ3) is 4.52. The fraction of sp³-hybridized carbons (Fsp3) is 0.250. The number of fused-ring (bicyclic) bond motifs is 1. The Bertz CT molecular complexity index is 1410. The summed E-state index contributed by atoms with van der Waals surface area (Å²) in [6, 6.07) is 11.6. The number of anilines is 1. The quantitative estimate of drug-likeness (QED) is 0.450. The Morgan fingerprint density at radius 3 is 2.55 bits per heavy atom. The first kappa shape index (κ1) is 22.7. The summed E-state index contributed by atoms with van der Waals surface area (Å²) in [6.45, 7) is 6.17. The highest BCUT2D eigenvalue weighted by Crippen LogP contribution is 2.23. The van der Waals surface area contributed by atoms with Crippen LogP contribution in [0.3, 0.4) is 0 Å². The normalized spacial score (nSPS) is 11.2. The Hall–Kier alpha value is -3.52. The molecule has 0 unspecified atom stereocenters. The average molecular weight is 468 g/mol. The lowest BCUT2D eigenvalue weighted by molar-refractivity contribution is -0.116. The van der Waals surface area contributed by atoms with Crippen LogP contribution in [0.25, 0.3) is 16.9 Å². The standard InChI is InChI=1S/C24H23ClFN5O2/c1-4-30-23-22(15(3)29-31(23)17-8-5-14(2)6-9-17)28-20(24(30)33)11-12-21(32)27-19-10-7-16(26)13-18(19)25/h5-10,13H,4,11-12H2,1-3H3,(H,27,32). The SMILES string of the molecule is CCn1c(=O)c(CCC(=O)Nc2ccc(F)cc2Cl)nc2c(C)nn(-c3ccc(C)cc3)c21. The van der Waals surface area contributed by atoms with Gasteiger partial charge in [-0.3, -0.25) is 14.2 Å². The number of amides is 1. The second-order valence-electron chi connectivity index (χ2n) is 7.79. The molecule has 0 fully saturated rings. The highest BCUT2D eigenvalue weighted by atomic mass is 35.5. The van der Waals surface area contributed by atoms with E-state index in [-0.39, 0.29) is 35.0 Å². The minimum Gasteiger partial charge on any atom is -0.325 e. The molecule has 0 aliphatic heterocycles. The number of nitrogens with zero attached hydrogens (tertiary/aromatic N) is 4. The van der Waals surface area contributed by atoms with E-state index in [4.69, 9.17) is 11.6 Å². The lowest BCUT2D eigenvalue weighted by Crippen LogP contribution is -2.27. The van der Waals surface area contributed by atoms with E-state index >= 15 is 0 Å². The van der Waals surface area contributed by atoms with Crippen LogP contribution in [0.5, 0.6) is 0 Å². The van der Waals surface area contributed by atoms with Crippen molar-refractivity contribution in [2.75, 3.05) is 5.32 Å². The molecule has 0 aliphatic carbocycles. The van der Waals surface area contributed by atoms with Crippen LogP contribution < -0.4 is 10.9 Å². The molecule has 0 saturated heterocycles. The van der Waals surface area contributed by atoms with Crippen LogP contribution in [0.4, 0.5) is 10.1 Å². The molecule has 0 spiro atoms. The summed E-state index contributed by atoms with van der Waals surface area (Å²) in [7, 11) is 0. The maximum absolute atomic E-state index is 13.2. The third-order valence-electron chi connectivity index (χ3n) is 5.39. The van der Waals surface area contributed by atoms with Crippen molar-refractivity contribution in [2.24, 2.45) is 0 Å². The first-order chi connectivity index (χ1) is 15.8. The van der Waals surface area contributed by atoms with Crippen molar-refractivity contribution in [1.82, 2.24) is 19.3 Å². The van der Waals surface area contributed by atoms with Crippen LogP contribution in [-0.4, -0.2) is 25.2 Å². The van der Waals surface area contributed by atoms with Gasteiger partial charge in [-0.1, -0.05) is 29.3 Å². The number of aryl methyl sites for hydroxylation is 4. The zero-order chi connectivity index (χ0) is 23.7. The van der Waals surface area contributed by atoms with E-state index in [0.29, 0.717) is 29.1 Å². The van der Waals surface area contributed by atoms with Gasteiger partial charge in [0, 0.05) is 19.4 Å². The van der Waals surface area contributed by atoms with Crippen molar-refractivity contribution >= 4 is 34.4 Å². The van der Waals surface area contributed by atoms with Gasteiger partial charge in [-0.15, -0.1) is 0 Å². The van der Waals surface area contributed by atoms with Crippen molar-refractivity contribution in [3.05, 3.63) is 80.6 Å². The first-order valence-corrected chi connectivity index (χ1v) is 11.0. The van der Waals surface area contributed by atoms with E-state index in [9.17, 15) is 14.0 Å². The van der Waals surface area contributed by atoms with Gasteiger partial charge in [-0.25, -0.2) is 14.1 Å². The van der Waals surface area contributed by atoms with Gasteiger partial charge in [-0.2, -0.15) is 5.10 Å². The van der Waals surface area contributed by atoms with Crippen LogP contribution in [-0.2, 0) is 17.8 Å². The number of carbonyl (C=O) groups is 1. The molecule has 0 atom stereocenters. The lowest BCUT2D eigenvalue weighted by atomic mass is 10.2. The molecule has 0 aliphatic rings. The van der Waals surface area contributed by atoms with Gasteiger partial charge in [0.2, 0.25) is 5.91 Å². The van der Waals surface area contributed by atoms with E-state index in [1.807, 2.05) is 45.0 Å². The lowest BCUT2D eigenvalue weighted by Gasteiger charge is -2.11. The maximum Gasteiger partial charge on any atom is 0.273 e. The summed E-state index contributed by atoms with van der Waals surface area (Å²) in [4.78, 5) is 30.2. The largest absolute Gasteiger partial charge is 0.325 e. The van der Waals surface area contributed by atoms with Gasteiger partial charge in [0.05, 0.1) is 22.1 Å². The Balaban J connectivity index is 1.64. The highest BCUT2D eigenvalue weighted by molar-refractivity contribution is 6.33. The van der Waals surface area contributed by atoms with Gasteiger partial charge in [-0.05, 0) is 51.1 Å². The van der Waals surface area contributed by atoms with E-state index in [2.05, 4.69) is 15.4 Å². The van der Waals surface area contributed by atoms with Gasteiger partial charge in [0.15, 0.2) is 5.65 Å². The van der Waals surface area contributed by atoms with Gasteiger partial charge in [0.1, 0.15) is 17.0 Å². The van der Waals surface area contributed by atoms with Crippen molar-refractivity contribution in [3.63, 3.8) is 0 Å². The minimum atomic E-state index is -0.489. The van der Waals surface area contributed by atoms with E-state index < -0.39 is 5.82 Å². The molecule has 0 bridgehead atoms. The Morgan fingerprint density at radius 1 is 1.15 bits per heavy atom. The number of hydrogen-bond acceptors (Lipinski definition) is 4. The molecule has 4 aromatic rings. The number of carbonyl (C=O) groups excluding carboxylic acids is 1. The Morgan fingerprint density at radius 2 is 1.88 bits per heavy atom. The summed E-state index contributed by atoms with van der Waals surface area (Å²) in [5.74, 6) is -0.836. The van der Waals surface area contributed by atoms with Crippen molar-refractivity contribution in [3.8, 4) is 5.69 Å². The molecule has 1 amide bonds. The second-order valence-corrected chi connectivity index (χ2v) is 8.19. The summed E-state index contributed by atoms with van der Waals surface area (Å²) in [5, 5.41) is 7.37. The van der Waals surface area contributed by atoms with Crippen LogP contribution >= 0.6 is 11.6 Å². The van der Waals surface area contributed by atoms with Crippen LogP contribution in [0.15, 0.2) is 47.3 Å². The number of nitrogens with one attached hydrogen (secondary N) is 1. The minimum absolute atomic E-state index is 0.0241. The number of rotatable bonds is 6. The van der Waals surface area contributed by atoms with Gasteiger partial charge < -0.3 is 5.32 Å². The van der Waals surface area contributed by atoms with Crippen molar-refractivity contribution in [2.45, 2.75) is 40.2 Å². The molecule has 7 nitrogen and oxygen atoms in total. The molecular weight excluding hydrogens is 445 g/mol. The van der Waals surface area contributed by atoms with Gasteiger partial charge in [0.25, 0.3) is 5.56 Å². The fourth-order valence-electron chi connectivity index (χ4n) is 3.67. The monoisotopic (exact) mass is 467 g/mol. The molecule has 2 aromatic heterocycles. The van der Waals surface area contributed by atoms with E-state index in [0.717, 1.165) is 17.3 Å². The fourth-order valence-corrected chi connectivity index (χ4v) is 3.89. The van der Waals surface area contributed by atoms with E-state index in [1.54, 1.807) is 9.25 Å². The molecule has 0 radical (unpaired) electrons. The highest BCUT2D eigenvalue weighted by Gasteiger charge is 2.19. The summed E-state index contributed by atoms with van der Waals surface area (Å²) < 4.78 is 16.6. The van der Waals surface area contributed by atoms with Crippen LogP contribution in [0, 0.1) is 19.7 Å². The molecule has 2 heterocycles. The zero-order valence-corrected chi connectivity index (χ0v) is 19.3. The van der Waals surface area contributed by atoms with Gasteiger partial charge >= 0.3 is 0 Å². The molecular formula is C24H23ClFN5O2. The Kier molecular flexibility index (Phi) is 6.29. The number of aromatic nitrogens is 4. The van der Waals surface area contributed by atoms with E-state index in [1.165, 1.54) is 12.1 Å². The van der Waals surface area contributed by atoms with Crippen molar-refractivity contribution < 1.29 is 9.18 Å². The molecule has 4 rings (SSSR count). The molecule has 170 valence electrons. The molecule has 0 saturated carbocycles. The number of benzene rings is 2. The topological polar surface area (TPSA) is 81.8 Å². The zero-order valence-electron chi connectivity index (χ0n) is 18.5. The first-order valence-electron chi connectivity index (χ1n) is 10.6. The summed E-state index contributed by atoms with van der Waals surface area (Å²) in [6.07, 6.45) is 0.172. The third-order valence-corrected chi connectivity index (χ3v) is 5.70. The maximum atomic E-state index is 13.2. The molecule has 2 aromatic carbocycles. The summed E-state index contributed by atoms with van der Waals surface area (Å²) >= 11 is 5.97. The molecule has 9 heteroatoms. The smallest absolute Gasteiger partial charge is 0.273 e. The second kappa shape index (κ2) is 9.15. The summed E-state index contributed by atoms with van der Waals surface area (Å²) in [5.41, 5.74) is 4.24. The van der Waals surface area contributed by atoms with Crippen LogP contribution in [0.1, 0.15) is 30.3 Å². The predicted molar refractivity (Wildman–Crippen MR) is 127 cm³/mol. The molecule has 1 N–H and O–H groups in total.